The first-order valence-electron chi connectivity index (χ1n) is 8.62. The van der Waals surface area contributed by atoms with E-state index >= 15 is 0 Å². The summed E-state index contributed by atoms with van der Waals surface area (Å²) in [6.07, 6.45) is 0. The molecule has 1 aromatic carbocycles. The highest BCUT2D eigenvalue weighted by atomic mass is 32.2. The second kappa shape index (κ2) is 6.86. The summed E-state index contributed by atoms with van der Waals surface area (Å²) in [5.41, 5.74) is 0.531. The highest BCUT2D eigenvalue weighted by Crippen LogP contribution is 2.35. The predicted molar refractivity (Wildman–Crippen MR) is 104 cm³/mol. The van der Waals surface area contributed by atoms with Crippen LogP contribution in [0.25, 0.3) is 17.0 Å². The minimum atomic E-state index is -0.321. The van der Waals surface area contributed by atoms with E-state index in [2.05, 4.69) is 20.4 Å². The normalized spacial score (nSPS) is 13.1. The Hall–Kier alpha value is -3.01. The highest BCUT2D eigenvalue weighted by Gasteiger charge is 2.18. The Morgan fingerprint density at radius 2 is 2.04 bits per heavy atom. The van der Waals surface area contributed by atoms with Crippen LogP contribution in [-0.2, 0) is 4.79 Å². The van der Waals surface area contributed by atoms with Crippen molar-refractivity contribution in [1.29, 1.82) is 0 Å². The third kappa shape index (κ3) is 3.81. The summed E-state index contributed by atoms with van der Waals surface area (Å²) in [6.45, 7) is 5.93. The number of hydrogen-bond donors (Lipinski definition) is 2. The first-order chi connectivity index (χ1) is 13.3. The van der Waals surface area contributed by atoms with Gasteiger partial charge in [0.05, 0.1) is 5.75 Å². The average molecular weight is 401 g/mol. The minimum Gasteiger partial charge on any atom is -0.454 e. The maximum atomic E-state index is 12.2. The van der Waals surface area contributed by atoms with Gasteiger partial charge in [-0.05, 0) is 39.0 Å². The van der Waals surface area contributed by atoms with Crippen LogP contribution in [0.15, 0.2) is 34.2 Å². The van der Waals surface area contributed by atoms with Gasteiger partial charge >= 0.3 is 0 Å². The van der Waals surface area contributed by atoms with E-state index in [1.807, 2.05) is 26.8 Å². The Kier molecular flexibility index (Phi) is 4.50. The number of nitrogens with one attached hydrogen (secondary N) is 2. The quantitative estimate of drug-likeness (QED) is 0.642. The fraction of sp³-hybridized carbons (Fsp3) is 0.333. The molecular weight excluding hydrogens is 382 g/mol. The SMILES string of the molecule is CC(C)(C)NC(=O)CSc1nc(-c2ccc3c(c2)OCO3)nc2cc(=O)[nH]n12. The van der Waals surface area contributed by atoms with Gasteiger partial charge < -0.3 is 14.8 Å². The van der Waals surface area contributed by atoms with Gasteiger partial charge in [-0.2, -0.15) is 0 Å². The first kappa shape index (κ1) is 18.4. The van der Waals surface area contributed by atoms with Crippen LogP contribution in [0.1, 0.15) is 20.8 Å². The van der Waals surface area contributed by atoms with E-state index in [9.17, 15) is 9.59 Å². The summed E-state index contributed by atoms with van der Waals surface area (Å²) in [5.74, 6) is 1.74. The molecule has 28 heavy (non-hydrogen) atoms. The lowest BCUT2D eigenvalue weighted by Crippen LogP contribution is -2.41. The van der Waals surface area contributed by atoms with Gasteiger partial charge in [0.1, 0.15) is 0 Å². The van der Waals surface area contributed by atoms with Gasteiger partial charge in [0, 0.05) is 17.2 Å². The molecule has 0 unspecified atom stereocenters. The van der Waals surface area contributed by atoms with Gasteiger partial charge in [0.15, 0.2) is 28.1 Å². The molecule has 3 heterocycles. The number of ether oxygens (including phenoxy) is 2. The molecule has 4 rings (SSSR count). The lowest BCUT2D eigenvalue weighted by Gasteiger charge is -2.20. The van der Waals surface area contributed by atoms with Crippen LogP contribution in [0.3, 0.4) is 0 Å². The number of nitrogens with zero attached hydrogens (tertiary/aromatic N) is 3. The molecule has 1 aliphatic rings. The van der Waals surface area contributed by atoms with Crippen molar-refractivity contribution in [1.82, 2.24) is 24.9 Å². The van der Waals surface area contributed by atoms with Crippen molar-refractivity contribution < 1.29 is 14.3 Å². The largest absolute Gasteiger partial charge is 0.454 e. The van der Waals surface area contributed by atoms with E-state index in [0.717, 1.165) is 5.56 Å². The molecule has 0 aliphatic carbocycles. The van der Waals surface area contributed by atoms with Crippen LogP contribution in [-0.4, -0.2) is 43.6 Å². The van der Waals surface area contributed by atoms with E-state index in [0.29, 0.717) is 28.1 Å². The van der Waals surface area contributed by atoms with Crippen LogP contribution in [0.5, 0.6) is 11.5 Å². The molecule has 0 atom stereocenters. The first-order valence-corrected chi connectivity index (χ1v) is 9.61. The van der Waals surface area contributed by atoms with Crippen molar-refractivity contribution in [3.05, 3.63) is 34.6 Å². The molecule has 2 aromatic heterocycles. The third-order valence-corrected chi connectivity index (χ3v) is 4.74. The summed E-state index contributed by atoms with van der Waals surface area (Å²) >= 11 is 1.22. The van der Waals surface area contributed by atoms with Crippen LogP contribution in [0.2, 0.25) is 0 Å². The number of thioether (sulfide) groups is 1. The lowest BCUT2D eigenvalue weighted by atomic mass is 10.1. The van der Waals surface area contributed by atoms with Crippen molar-refractivity contribution in [2.75, 3.05) is 12.5 Å². The molecule has 2 N–H and O–H groups in total. The minimum absolute atomic E-state index is 0.122. The number of rotatable bonds is 4. The maximum Gasteiger partial charge on any atom is 0.266 e. The van der Waals surface area contributed by atoms with Gasteiger partial charge in [-0.25, -0.2) is 14.5 Å². The number of aromatic nitrogens is 4. The molecule has 0 radical (unpaired) electrons. The summed E-state index contributed by atoms with van der Waals surface area (Å²) in [7, 11) is 0. The van der Waals surface area contributed by atoms with Crippen molar-refractivity contribution in [2.45, 2.75) is 31.5 Å². The zero-order valence-electron chi connectivity index (χ0n) is 15.6. The number of benzene rings is 1. The molecule has 0 saturated carbocycles. The fourth-order valence-corrected chi connectivity index (χ4v) is 3.48. The standard InChI is InChI=1S/C18H19N5O4S/c1-18(2,3)21-15(25)8-28-17-20-16(19-13-7-14(24)22-23(13)17)10-4-5-11-12(6-10)27-9-26-11/h4-7H,8-9H2,1-3H3,(H,21,25)(H,22,24). The van der Waals surface area contributed by atoms with Crippen LogP contribution < -0.4 is 20.3 Å². The number of hydrogen-bond acceptors (Lipinski definition) is 7. The van der Waals surface area contributed by atoms with E-state index < -0.39 is 0 Å². The molecule has 0 fully saturated rings. The number of carbonyl (C=O) groups excluding carboxylic acids is 1. The van der Waals surface area contributed by atoms with Gasteiger partial charge in [-0.15, -0.1) is 0 Å². The van der Waals surface area contributed by atoms with Gasteiger partial charge in [0.25, 0.3) is 5.56 Å². The molecule has 0 bridgehead atoms. The average Bonchev–Trinajstić information content (AvgIpc) is 3.22. The second-order valence-electron chi connectivity index (χ2n) is 7.30. The number of carbonyl (C=O) groups is 1. The molecule has 1 aliphatic heterocycles. The molecule has 9 nitrogen and oxygen atoms in total. The molecule has 0 spiro atoms. The Morgan fingerprint density at radius 3 is 2.82 bits per heavy atom. The number of H-pyrrole nitrogens is 1. The number of amides is 1. The molecule has 0 saturated heterocycles. The lowest BCUT2D eigenvalue weighted by molar-refractivity contribution is -0.119. The summed E-state index contributed by atoms with van der Waals surface area (Å²) in [6, 6.07) is 6.79. The van der Waals surface area contributed by atoms with Crippen LogP contribution >= 0.6 is 11.8 Å². The van der Waals surface area contributed by atoms with Crippen molar-refractivity contribution in [3.8, 4) is 22.9 Å². The maximum absolute atomic E-state index is 12.2. The van der Waals surface area contributed by atoms with E-state index in [1.54, 1.807) is 12.1 Å². The zero-order chi connectivity index (χ0) is 19.9. The van der Waals surface area contributed by atoms with Crippen molar-refractivity contribution in [3.63, 3.8) is 0 Å². The monoisotopic (exact) mass is 401 g/mol. The number of aromatic amines is 1. The summed E-state index contributed by atoms with van der Waals surface area (Å²) in [4.78, 5) is 33.0. The smallest absolute Gasteiger partial charge is 0.266 e. The molecule has 146 valence electrons. The van der Waals surface area contributed by atoms with E-state index in [4.69, 9.17) is 9.47 Å². The Bertz CT molecular complexity index is 1120. The molecule has 3 aromatic rings. The van der Waals surface area contributed by atoms with Gasteiger partial charge in [0.2, 0.25) is 12.7 Å². The molecule has 1 amide bonds. The summed E-state index contributed by atoms with van der Waals surface area (Å²) in [5, 5.41) is 6.02. The van der Waals surface area contributed by atoms with E-state index in [1.165, 1.54) is 22.3 Å². The van der Waals surface area contributed by atoms with Crippen molar-refractivity contribution >= 4 is 23.3 Å². The topological polar surface area (TPSA) is 111 Å². The fourth-order valence-electron chi connectivity index (χ4n) is 2.73. The Balaban J connectivity index is 1.68. The summed E-state index contributed by atoms with van der Waals surface area (Å²) < 4.78 is 12.2. The highest BCUT2D eigenvalue weighted by molar-refractivity contribution is 7.99. The predicted octanol–water partition coefficient (Wildman–Crippen LogP) is 1.82. The van der Waals surface area contributed by atoms with Crippen molar-refractivity contribution in [2.24, 2.45) is 0 Å². The van der Waals surface area contributed by atoms with Gasteiger partial charge in [-0.1, -0.05) is 11.8 Å². The molecule has 10 heteroatoms. The van der Waals surface area contributed by atoms with Gasteiger partial charge in [-0.3, -0.25) is 14.7 Å². The molecular formula is C18H19N5O4S. The number of fused-ring (bicyclic) bond motifs is 2. The second-order valence-corrected chi connectivity index (χ2v) is 8.24. The third-order valence-electron chi connectivity index (χ3n) is 3.80. The van der Waals surface area contributed by atoms with Crippen LogP contribution in [0, 0.1) is 0 Å². The van der Waals surface area contributed by atoms with Crippen LogP contribution in [0.4, 0.5) is 0 Å². The van der Waals surface area contributed by atoms with E-state index in [-0.39, 0.29) is 29.6 Å². The Labute approximate surface area is 164 Å². The Morgan fingerprint density at radius 1 is 1.25 bits per heavy atom. The zero-order valence-corrected chi connectivity index (χ0v) is 16.4.